The Morgan fingerprint density at radius 2 is 2.27 bits per heavy atom. The number of methoxy groups -OCH3 is 1. The summed E-state index contributed by atoms with van der Waals surface area (Å²) in [5.41, 5.74) is 5.43. The highest BCUT2D eigenvalue weighted by atomic mass is 35.5. The minimum atomic E-state index is 0.622. The van der Waals surface area contributed by atoms with Gasteiger partial charge in [0.15, 0.2) is 0 Å². The number of hydrogen-bond acceptors (Lipinski definition) is 3. The quantitative estimate of drug-likeness (QED) is 0.836. The molecule has 0 amide bonds. The molecular formula is C11H13ClN2O. The molecule has 0 fully saturated rings. The molecule has 1 N–H and O–H groups in total. The first kappa shape index (κ1) is 10.3. The van der Waals surface area contributed by atoms with Gasteiger partial charge < -0.3 is 4.74 Å². The lowest BCUT2D eigenvalue weighted by molar-refractivity contribution is 0.415. The predicted molar refractivity (Wildman–Crippen MR) is 62.2 cm³/mol. The van der Waals surface area contributed by atoms with Crippen LogP contribution in [0.5, 0.6) is 5.75 Å². The SMILES string of the molecule is COc1ccc(N2NCC=C2C)cc1Cl. The number of rotatable bonds is 2. The Bertz CT molecular complexity index is 404. The maximum atomic E-state index is 6.06. The Morgan fingerprint density at radius 1 is 1.47 bits per heavy atom. The van der Waals surface area contributed by atoms with Gasteiger partial charge >= 0.3 is 0 Å². The van der Waals surface area contributed by atoms with Gasteiger partial charge in [0.1, 0.15) is 5.75 Å². The molecule has 1 aromatic carbocycles. The fourth-order valence-corrected chi connectivity index (χ4v) is 1.84. The van der Waals surface area contributed by atoms with Gasteiger partial charge in [-0.15, -0.1) is 0 Å². The lowest BCUT2D eigenvalue weighted by Gasteiger charge is -2.20. The van der Waals surface area contributed by atoms with Gasteiger partial charge in [-0.05, 0) is 31.2 Å². The van der Waals surface area contributed by atoms with Crippen molar-refractivity contribution >= 4 is 17.3 Å². The number of nitrogens with one attached hydrogen (secondary N) is 1. The number of nitrogens with zero attached hydrogens (tertiary/aromatic N) is 1. The van der Waals surface area contributed by atoms with Crippen LogP contribution in [0.25, 0.3) is 0 Å². The van der Waals surface area contributed by atoms with Crippen molar-refractivity contribution in [1.82, 2.24) is 5.43 Å². The second kappa shape index (κ2) is 4.13. The summed E-state index contributed by atoms with van der Waals surface area (Å²) in [4.78, 5) is 0. The number of hydrazine groups is 1. The van der Waals surface area contributed by atoms with Gasteiger partial charge in [0.05, 0.1) is 17.8 Å². The third-order valence-electron chi connectivity index (χ3n) is 2.39. The van der Waals surface area contributed by atoms with Crippen LogP contribution in [0.15, 0.2) is 30.0 Å². The standard InChI is InChI=1S/C11H13ClN2O/c1-8-5-6-13-14(8)9-3-4-11(15-2)10(12)7-9/h3-5,7,13H,6H2,1-2H3. The summed E-state index contributed by atoms with van der Waals surface area (Å²) in [5, 5.41) is 2.63. The van der Waals surface area contributed by atoms with Gasteiger partial charge in [-0.2, -0.15) is 0 Å². The monoisotopic (exact) mass is 224 g/mol. The Labute approximate surface area is 94.3 Å². The molecule has 0 unspecified atom stereocenters. The molecule has 0 saturated carbocycles. The summed E-state index contributed by atoms with van der Waals surface area (Å²) in [5.74, 6) is 0.696. The zero-order chi connectivity index (χ0) is 10.8. The van der Waals surface area contributed by atoms with E-state index in [0.29, 0.717) is 10.8 Å². The molecule has 1 aromatic rings. The van der Waals surface area contributed by atoms with Crippen molar-refractivity contribution in [3.05, 3.63) is 35.0 Å². The van der Waals surface area contributed by atoms with E-state index in [9.17, 15) is 0 Å². The van der Waals surface area contributed by atoms with Crippen molar-refractivity contribution in [2.45, 2.75) is 6.92 Å². The first-order valence-corrected chi connectivity index (χ1v) is 5.14. The number of halogens is 1. The van der Waals surface area contributed by atoms with Gasteiger partial charge in [0.2, 0.25) is 0 Å². The topological polar surface area (TPSA) is 24.5 Å². The highest BCUT2D eigenvalue weighted by molar-refractivity contribution is 6.32. The molecule has 0 saturated heterocycles. The van der Waals surface area contributed by atoms with Gasteiger partial charge in [-0.3, -0.25) is 5.01 Å². The van der Waals surface area contributed by atoms with Crippen molar-refractivity contribution in [2.75, 3.05) is 18.7 Å². The molecule has 2 rings (SSSR count). The molecule has 1 aliphatic rings. The van der Waals surface area contributed by atoms with Gasteiger partial charge in [0, 0.05) is 12.2 Å². The lowest BCUT2D eigenvalue weighted by Crippen LogP contribution is -2.30. The molecule has 15 heavy (non-hydrogen) atoms. The molecule has 1 aliphatic heterocycles. The smallest absolute Gasteiger partial charge is 0.137 e. The molecule has 0 spiro atoms. The van der Waals surface area contributed by atoms with Crippen molar-refractivity contribution in [1.29, 1.82) is 0 Å². The third kappa shape index (κ3) is 1.94. The van der Waals surface area contributed by atoms with Gasteiger partial charge in [-0.1, -0.05) is 11.6 Å². The van der Waals surface area contributed by atoms with Crippen LogP contribution < -0.4 is 15.2 Å². The Balaban J connectivity index is 2.30. The number of benzene rings is 1. The minimum absolute atomic E-state index is 0.622. The molecular weight excluding hydrogens is 212 g/mol. The number of allylic oxidation sites excluding steroid dienone is 1. The van der Waals surface area contributed by atoms with E-state index in [4.69, 9.17) is 16.3 Å². The molecule has 1 heterocycles. The van der Waals surface area contributed by atoms with E-state index in [0.717, 1.165) is 12.2 Å². The van der Waals surface area contributed by atoms with E-state index < -0.39 is 0 Å². The zero-order valence-electron chi connectivity index (χ0n) is 8.75. The Kier molecular flexibility index (Phi) is 2.84. The van der Waals surface area contributed by atoms with Crippen LogP contribution in [-0.4, -0.2) is 13.7 Å². The van der Waals surface area contributed by atoms with E-state index in [-0.39, 0.29) is 0 Å². The molecule has 0 atom stereocenters. The van der Waals surface area contributed by atoms with E-state index in [1.165, 1.54) is 5.70 Å². The van der Waals surface area contributed by atoms with Crippen LogP contribution in [0, 0.1) is 0 Å². The Morgan fingerprint density at radius 3 is 2.80 bits per heavy atom. The highest BCUT2D eigenvalue weighted by Gasteiger charge is 2.13. The fourth-order valence-electron chi connectivity index (χ4n) is 1.59. The largest absolute Gasteiger partial charge is 0.495 e. The van der Waals surface area contributed by atoms with Crippen LogP contribution >= 0.6 is 11.6 Å². The molecule has 3 nitrogen and oxygen atoms in total. The summed E-state index contributed by atoms with van der Waals surface area (Å²) in [6.45, 7) is 2.91. The van der Waals surface area contributed by atoms with Crippen molar-refractivity contribution in [3.63, 3.8) is 0 Å². The highest BCUT2D eigenvalue weighted by Crippen LogP contribution is 2.30. The molecule has 0 aromatic heterocycles. The van der Waals surface area contributed by atoms with E-state index >= 15 is 0 Å². The summed E-state index contributed by atoms with van der Waals surface area (Å²) in [7, 11) is 1.61. The summed E-state index contributed by atoms with van der Waals surface area (Å²) >= 11 is 6.06. The lowest BCUT2D eigenvalue weighted by atomic mass is 10.3. The molecule has 80 valence electrons. The first-order chi connectivity index (χ1) is 7.22. The van der Waals surface area contributed by atoms with Crippen LogP contribution in [-0.2, 0) is 0 Å². The first-order valence-electron chi connectivity index (χ1n) is 4.76. The van der Waals surface area contributed by atoms with E-state index in [1.807, 2.05) is 23.2 Å². The second-order valence-electron chi connectivity index (χ2n) is 3.36. The summed E-state index contributed by atoms with van der Waals surface area (Å²) in [6.07, 6.45) is 2.12. The molecule has 0 bridgehead atoms. The average molecular weight is 225 g/mol. The minimum Gasteiger partial charge on any atom is -0.495 e. The zero-order valence-corrected chi connectivity index (χ0v) is 9.51. The van der Waals surface area contributed by atoms with E-state index in [1.54, 1.807) is 7.11 Å². The number of ether oxygens (including phenoxy) is 1. The third-order valence-corrected chi connectivity index (χ3v) is 2.69. The predicted octanol–water partition coefficient (Wildman–Crippen LogP) is 2.58. The maximum absolute atomic E-state index is 6.06. The van der Waals surface area contributed by atoms with Crippen LogP contribution in [0.4, 0.5) is 5.69 Å². The normalized spacial score (nSPS) is 15.4. The Hall–Kier alpha value is -1.19. The van der Waals surface area contributed by atoms with Crippen molar-refractivity contribution in [3.8, 4) is 5.75 Å². The molecule has 4 heteroatoms. The summed E-state index contributed by atoms with van der Waals surface area (Å²) < 4.78 is 5.10. The number of hydrogen-bond donors (Lipinski definition) is 1. The van der Waals surface area contributed by atoms with Crippen molar-refractivity contribution < 1.29 is 4.74 Å². The fraction of sp³-hybridized carbons (Fsp3) is 0.273. The maximum Gasteiger partial charge on any atom is 0.137 e. The second-order valence-corrected chi connectivity index (χ2v) is 3.77. The van der Waals surface area contributed by atoms with Gasteiger partial charge in [0.25, 0.3) is 0 Å². The van der Waals surface area contributed by atoms with Gasteiger partial charge in [-0.25, -0.2) is 5.43 Å². The molecule has 0 aliphatic carbocycles. The average Bonchev–Trinajstić information content (AvgIpc) is 2.64. The van der Waals surface area contributed by atoms with Crippen molar-refractivity contribution in [2.24, 2.45) is 0 Å². The van der Waals surface area contributed by atoms with Crippen LogP contribution in [0.3, 0.4) is 0 Å². The van der Waals surface area contributed by atoms with Crippen LogP contribution in [0.2, 0.25) is 5.02 Å². The number of anilines is 1. The summed E-state index contributed by atoms with van der Waals surface area (Å²) in [6, 6.07) is 5.72. The molecule has 0 radical (unpaired) electrons. The van der Waals surface area contributed by atoms with E-state index in [2.05, 4.69) is 18.4 Å². The van der Waals surface area contributed by atoms with Crippen LogP contribution in [0.1, 0.15) is 6.92 Å².